The van der Waals surface area contributed by atoms with E-state index in [9.17, 15) is 15.0 Å². The van der Waals surface area contributed by atoms with Crippen LogP contribution >= 0.6 is 31.9 Å². The summed E-state index contributed by atoms with van der Waals surface area (Å²) in [6, 6.07) is 4.92. The number of carbonyl (C=O) groups is 1. The van der Waals surface area contributed by atoms with Crippen LogP contribution in [-0.4, -0.2) is 27.3 Å². The molecule has 0 saturated carbocycles. The first-order chi connectivity index (χ1) is 10.4. The van der Waals surface area contributed by atoms with Crippen LogP contribution < -0.4 is 5.43 Å². The first-order valence-corrected chi connectivity index (χ1v) is 7.64. The molecule has 0 saturated heterocycles. The van der Waals surface area contributed by atoms with E-state index in [1.54, 1.807) is 18.2 Å². The molecule has 114 valence electrons. The third kappa shape index (κ3) is 3.63. The van der Waals surface area contributed by atoms with E-state index in [0.717, 1.165) is 5.69 Å². The normalized spacial score (nSPS) is 10.9. The lowest BCUT2D eigenvalue weighted by Crippen LogP contribution is -2.17. The third-order valence-electron chi connectivity index (χ3n) is 2.74. The molecule has 1 aromatic carbocycles. The van der Waals surface area contributed by atoms with Crippen LogP contribution in [0.25, 0.3) is 0 Å². The minimum Gasteiger partial charge on any atom is -0.503 e. The zero-order chi connectivity index (χ0) is 16.3. The van der Waals surface area contributed by atoms with E-state index in [2.05, 4.69) is 47.4 Å². The van der Waals surface area contributed by atoms with Gasteiger partial charge in [0, 0.05) is 17.5 Å². The summed E-state index contributed by atoms with van der Waals surface area (Å²) in [5, 5.41) is 23.1. The molecule has 1 heterocycles. The standard InChI is InChI=1S/C14H11Br2N3O3/c1-7-2-3-8(5-17-7)14(22)19-18-6-9-4-10(15)12(20)13(21)11(9)16/h2-6,20-21H,1H3,(H,19,22). The molecule has 6 nitrogen and oxygen atoms in total. The van der Waals surface area contributed by atoms with Gasteiger partial charge in [-0.25, -0.2) is 5.43 Å². The number of halogens is 2. The van der Waals surface area contributed by atoms with Gasteiger partial charge in [0.15, 0.2) is 11.5 Å². The second-order valence-electron chi connectivity index (χ2n) is 4.35. The van der Waals surface area contributed by atoms with Crippen LogP contribution in [0, 0.1) is 6.92 Å². The number of pyridine rings is 1. The lowest BCUT2D eigenvalue weighted by Gasteiger charge is -2.06. The molecule has 2 rings (SSSR count). The maximum absolute atomic E-state index is 11.8. The average molecular weight is 429 g/mol. The van der Waals surface area contributed by atoms with Gasteiger partial charge in [0.25, 0.3) is 5.91 Å². The Morgan fingerprint density at radius 1 is 1.32 bits per heavy atom. The van der Waals surface area contributed by atoms with Crippen LogP contribution in [0.2, 0.25) is 0 Å². The molecule has 0 bridgehead atoms. The summed E-state index contributed by atoms with van der Waals surface area (Å²) >= 11 is 6.25. The average Bonchev–Trinajstić information content (AvgIpc) is 2.50. The van der Waals surface area contributed by atoms with Crippen LogP contribution in [0.4, 0.5) is 0 Å². The number of hydrazone groups is 1. The summed E-state index contributed by atoms with van der Waals surface area (Å²) in [7, 11) is 0. The van der Waals surface area contributed by atoms with Crippen molar-refractivity contribution in [1.29, 1.82) is 0 Å². The van der Waals surface area contributed by atoms with Crippen LogP contribution in [0.15, 0.2) is 38.4 Å². The van der Waals surface area contributed by atoms with Crippen LogP contribution in [0.5, 0.6) is 11.5 Å². The molecule has 0 unspecified atom stereocenters. The largest absolute Gasteiger partial charge is 0.503 e. The predicted molar refractivity (Wildman–Crippen MR) is 89.2 cm³/mol. The highest BCUT2D eigenvalue weighted by molar-refractivity contribution is 9.11. The maximum atomic E-state index is 11.8. The van der Waals surface area contributed by atoms with Crippen molar-refractivity contribution in [1.82, 2.24) is 10.4 Å². The second-order valence-corrected chi connectivity index (χ2v) is 5.99. The number of aryl methyl sites for hydroxylation is 1. The van der Waals surface area contributed by atoms with E-state index >= 15 is 0 Å². The molecule has 0 spiro atoms. The number of carbonyl (C=O) groups excluding carboxylic acids is 1. The van der Waals surface area contributed by atoms with E-state index in [4.69, 9.17) is 0 Å². The topological polar surface area (TPSA) is 94.8 Å². The number of phenols is 2. The Balaban J connectivity index is 2.13. The van der Waals surface area contributed by atoms with Gasteiger partial charge in [-0.05, 0) is 57.0 Å². The van der Waals surface area contributed by atoms with Crippen molar-refractivity contribution in [3.05, 3.63) is 50.2 Å². The van der Waals surface area contributed by atoms with Gasteiger partial charge >= 0.3 is 0 Å². The summed E-state index contributed by atoms with van der Waals surface area (Å²) in [6.45, 7) is 1.83. The highest BCUT2D eigenvalue weighted by Crippen LogP contribution is 2.40. The lowest BCUT2D eigenvalue weighted by molar-refractivity contribution is 0.0955. The Hall–Kier alpha value is -1.93. The summed E-state index contributed by atoms with van der Waals surface area (Å²) in [5.74, 6) is -0.995. The fourth-order valence-electron chi connectivity index (χ4n) is 1.54. The molecule has 0 fully saturated rings. The van der Waals surface area contributed by atoms with Crippen molar-refractivity contribution < 1.29 is 15.0 Å². The van der Waals surface area contributed by atoms with Gasteiger partial charge in [-0.2, -0.15) is 5.10 Å². The lowest BCUT2D eigenvalue weighted by atomic mass is 10.2. The van der Waals surface area contributed by atoms with E-state index in [-0.39, 0.29) is 16.0 Å². The third-order valence-corrected chi connectivity index (χ3v) is 4.18. The molecular formula is C14H11Br2N3O3. The van der Waals surface area contributed by atoms with E-state index < -0.39 is 5.91 Å². The van der Waals surface area contributed by atoms with E-state index in [1.807, 2.05) is 6.92 Å². The highest BCUT2D eigenvalue weighted by Gasteiger charge is 2.13. The molecule has 0 atom stereocenters. The monoisotopic (exact) mass is 427 g/mol. The number of phenolic OH excluding ortho intramolecular Hbond substituents is 2. The first kappa shape index (κ1) is 16.4. The van der Waals surface area contributed by atoms with Gasteiger partial charge in [-0.15, -0.1) is 0 Å². The van der Waals surface area contributed by atoms with Gasteiger partial charge in [-0.1, -0.05) is 0 Å². The van der Waals surface area contributed by atoms with E-state index in [1.165, 1.54) is 12.4 Å². The minimum atomic E-state index is -0.401. The number of hydrogen-bond acceptors (Lipinski definition) is 5. The summed E-state index contributed by atoms with van der Waals surface area (Å²) in [5.41, 5.74) is 4.03. The Bertz CT molecular complexity index is 746. The number of aromatic nitrogens is 1. The molecule has 0 aliphatic heterocycles. The smallest absolute Gasteiger partial charge is 0.272 e. The summed E-state index contributed by atoms with van der Waals surface area (Å²) in [6.07, 6.45) is 2.80. The van der Waals surface area contributed by atoms with Crippen LogP contribution in [-0.2, 0) is 0 Å². The number of amides is 1. The predicted octanol–water partition coefficient (Wildman–Crippen LogP) is 3.09. The van der Waals surface area contributed by atoms with Gasteiger partial charge < -0.3 is 10.2 Å². The molecular weight excluding hydrogens is 418 g/mol. The summed E-state index contributed by atoms with van der Waals surface area (Å²) < 4.78 is 0.576. The zero-order valence-electron chi connectivity index (χ0n) is 11.3. The maximum Gasteiger partial charge on any atom is 0.272 e. The van der Waals surface area contributed by atoms with Crippen molar-refractivity contribution in [2.75, 3.05) is 0 Å². The molecule has 8 heteroatoms. The molecule has 0 aliphatic carbocycles. The number of aromatic hydroxyl groups is 2. The van der Waals surface area contributed by atoms with Crippen molar-refractivity contribution >= 4 is 44.0 Å². The number of hydrogen-bond donors (Lipinski definition) is 3. The Morgan fingerprint density at radius 2 is 2.05 bits per heavy atom. The molecule has 22 heavy (non-hydrogen) atoms. The summed E-state index contributed by atoms with van der Waals surface area (Å²) in [4.78, 5) is 15.9. The number of nitrogens with zero attached hydrogens (tertiary/aromatic N) is 2. The minimum absolute atomic E-state index is 0.267. The second kappa shape index (κ2) is 6.89. The zero-order valence-corrected chi connectivity index (χ0v) is 14.5. The van der Waals surface area contributed by atoms with Crippen molar-refractivity contribution in [3.8, 4) is 11.5 Å². The van der Waals surface area contributed by atoms with Crippen LogP contribution in [0.3, 0.4) is 0 Å². The molecule has 0 aliphatic rings. The van der Waals surface area contributed by atoms with Crippen LogP contribution in [0.1, 0.15) is 21.6 Å². The molecule has 2 aromatic rings. The van der Waals surface area contributed by atoms with Gasteiger partial charge in [0.2, 0.25) is 0 Å². The fourth-order valence-corrected chi connectivity index (χ4v) is 2.38. The van der Waals surface area contributed by atoms with Gasteiger partial charge in [0.05, 0.1) is 20.7 Å². The van der Waals surface area contributed by atoms with Crippen molar-refractivity contribution in [2.24, 2.45) is 5.10 Å². The van der Waals surface area contributed by atoms with Crippen molar-refractivity contribution in [2.45, 2.75) is 6.92 Å². The molecule has 3 N–H and O–H groups in total. The number of nitrogens with one attached hydrogen (secondary N) is 1. The quantitative estimate of drug-likeness (QED) is 0.397. The molecule has 1 aromatic heterocycles. The number of benzene rings is 1. The highest BCUT2D eigenvalue weighted by atomic mass is 79.9. The van der Waals surface area contributed by atoms with Gasteiger partial charge in [0.1, 0.15) is 0 Å². The fraction of sp³-hybridized carbons (Fsp3) is 0.0714. The van der Waals surface area contributed by atoms with E-state index in [0.29, 0.717) is 15.6 Å². The first-order valence-electron chi connectivity index (χ1n) is 6.06. The SMILES string of the molecule is Cc1ccc(C(=O)NN=Cc2cc(Br)c(O)c(O)c2Br)cn1. The Morgan fingerprint density at radius 3 is 2.68 bits per heavy atom. The Kier molecular flexibility index (Phi) is 5.15. The van der Waals surface area contributed by atoms with Crippen molar-refractivity contribution in [3.63, 3.8) is 0 Å². The van der Waals surface area contributed by atoms with Gasteiger partial charge in [-0.3, -0.25) is 9.78 Å². The number of rotatable bonds is 3. The molecule has 0 radical (unpaired) electrons. The molecule has 1 amide bonds. The Labute approximate surface area is 143 Å².